The maximum atomic E-state index is 13.0. The first-order chi connectivity index (χ1) is 13.5. The number of hydrogen-bond donors (Lipinski definition) is 6. The van der Waals surface area contributed by atoms with Crippen molar-refractivity contribution in [2.75, 3.05) is 13.2 Å². The van der Waals surface area contributed by atoms with Gasteiger partial charge in [-0.1, -0.05) is 13.8 Å². The summed E-state index contributed by atoms with van der Waals surface area (Å²) in [5.74, 6) is -4.57. The predicted molar refractivity (Wildman–Crippen MR) is 99.9 cm³/mol. The van der Waals surface area contributed by atoms with Crippen molar-refractivity contribution in [2.45, 2.75) is 57.3 Å². The highest BCUT2D eigenvalue weighted by atomic mass is 16.4. The maximum Gasteiger partial charge on any atom is 0.326 e. The fraction of sp³-hybridized carbons (Fsp3) is 0.706. The lowest BCUT2D eigenvalue weighted by Crippen LogP contribution is -2.58. The fourth-order valence-corrected chi connectivity index (χ4v) is 3.01. The molecule has 29 heavy (non-hydrogen) atoms. The Kier molecular flexibility index (Phi) is 8.98. The van der Waals surface area contributed by atoms with Crippen LogP contribution in [0.5, 0.6) is 0 Å². The lowest BCUT2D eigenvalue weighted by molar-refractivity contribution is -0.146. The molecule has 0 aromatic carbocycles. The first-order valence-electron chi connectivity index (χ1n) is 9.28. The number of carboxylic acid groups (broad SMARTS) is 1. The Morgan fingerprint density at radius 1 is 1.17 bits per heavy atom. The SMILES string of the molecule is CC(C)C(NC(=O)C(N)CO)C(=O)N1CCCC1C(=O)NC(CC(N)=O)C(=O)O. The lowest BCUT2D eigenvalue weighted by Gasteiger charge is -2.31. The van der Waals surface area contributed by atoms with Gasteiger partial charge in [0.15, 0.2) is 0 Å². The molecule has 0 aromatic heterocycles. The third kappa shape index (κ3) is 6.68. The van der Waals surface area contributed by atoms with Crippen LogP contribution in [0.3, 0.4) is 0 Å². The number of nitrogens with one attached hydrogen (secondary N) is 2. The van der Waals surface area contributed by atoms with Crippen molar-refractivity contribution in [1.29, 1.82) is 0 Å². The summed E-state index contributed by atoms with van der Waals surface area (Å²) in [6, 6.07) is -4.61. The highest BCUT2D eigenvalue weighted by molar-refractivity contribution is 5.95. The number of aliphatic carboxylic acids is 1. The van der Waals surface area contributed by atoms with E-state index in [1.54, 1.807) is 13.8 Å². The molecule has 1 fully saturated rings. The molecule has 1 rings (SSSR count). The molecule has 8 N–H and O–H groups in total. The summed E-state index contributed by atoms with van der Waals surface area (Å²) in [7, 11) is 0. The zero-order valence-corrected chi connectivity index (χ0v) is 16.5. The first kappa shape index (κ1) is 24.3. The highest BCUT2D eigenvalue weighted by Crippen LogP contribution is 2.21. The van der Waals surface area contributed by atoms with E-state index in [2.05, 4.69) is 10.6 Å². The van der Waals surface area contributed by atoms with E-state index in [1.165, 1.54) is 4.90 Å². The van der Waals surface area contributed by atoms with Crippen LogP contribution in [0.25, 0.3) is 0 Å². The van der Waals surface area contributed by atoms with E-state index in [1.807, 2.05) is 0 Å². The number of carbonyl (C=O) groups excluding carboxylic acids is 4. The summed E-state index contributed by atoms with van der Waals surface area (Å²) in [4.78, 5) is 61.1. The van der Waals surface area contributed by atoms with Crippen LogP contribution >= 0.6 is 0 Å². The molecule has 0 saturated carbocycles. The average Bonchev–Trinajstić information content (AvgIpc) is 3.13. The van der Waals surface area contributed by atoms with Gasteiger partial charge in [-0.25, -0.2) is 4.79 Å². The van der Waals surface area contributed by atoms with Gasteiger partial charge in [0, 0.05) is 6.54 Å². The second kappa shape index (κ2) is 10.7. The number of hydrogen-bond acceptors (Lipinski definition) is 7. The number of carboxylic acids is 1. The largest absolute Gasteiger partial charge is 0.480 e. The van der Waals surface area contributed by atoms with E-state index < -0.39 is 66.8 Å². The quantitative estimate of drug-likeness (QED) is 0.215. The number of rotatable bonds is 10. The number of primary amides is 1. The minimum Gasteiger partial charge on any atom is -0.480 e. The third-order valence-corrected chi connectivity index (χ3v) is 4.62. The molecular formula is C17H29N5O7. The summed E-state index contributed by atoms with van der Waals surface area (Å²) >= 11 is 0. The lowest BCUT2D eigenvalue weighted by atomic mass is 10.0. The van der Waals surface area contributed by atoms with Gasteiger partial charge >= 0.3 is 5.97 Å². The standard InChI is InChI=1S/C17H29N5O7/c1-8(2)13(21-14(25)9(18)7-23)16(27)22-5-3-4-11(22)15(26)20-10(17(28)29)6-12(19)24/h8-11,13,23H,3-7,18H2,1-2H3,(H2,19,24)(H,20,26)(H,21,25)(H,28,29). The molecular weight excluding hydrogens is 386 g/mol. The second-order valence-corrected chi connectivity index (χ2v) is 7.28. The first-order valence-corrected chi connectivity index (χ1v) is 9.28. The van der Waals surface area contributed by atoms with Gasteiger partial charge in [0.1, 0.15) is 24.2 Å². The van der Waals surface area contributed by atoms with Crippen molar-refractivity contribution in [3.63, 3.8) is 0 Å². The van der Waals surface area contributed by atoms with E-state index >= 15 is 0 Å². The molecule has 4 atom stereocenters. The molecule has 0 spiro atoms. The van der Waals surface area contributed by atoms with Crippen molar-refractivity contribution in [3.05, 3.63) is 0 Å². The number of nitrogens with zero attached hydrogens (tertiary/aromatic N) is 1. The van der Waals surface area contributed by atoms with Crippen LogP contribution in [-0.4, -0.2) is 82.0 Å². The zero-order chi connectivity index (χ0) is 22.3. The molecule has 1 saturated heterocycles. The number of amides is 4. The predicted octanol–water partition coefficient (Wildman–Crippen LogP) is -3.12. The van der Waals surface area contributed by atoms with Crippen LogP contribution in [-0.2, 0) is 24.0 Å². The number of carbonyl (C=O) groups is 5. The molecule has 1 aliphatic rings. The van der Waals surface area contributed by atoms with Gasteiger partial charge in [-0.3, -0.25) is 19.2 Å². The van der Waals surface area contributed by atoms with Crippen LogP contribution in [0, 0.1) is 5.92 Å². The molecule has 0 aromatic rings. The van der Waals surface area contributed by atoms with Gasteiger partial charge in [0.05, 0.1) is 13.0 Å². The molecule has 0 radical (unpaired) electrons. The molecule has 1 heterocycles. The number of aliphatic hydroxyl groups is 1. The van der Waals surface area contributed by atoms with E-state index in [0.717, 1.165) is 0 Å². The van der Waals surface area contributed by atoms with E-state index in [9.17, 15) is 24.0 Å². The minimum absolute atomic E-state index is 0.246. The van der Waals surface area contributed by atoms with Crippen molar-refractivity contribution < 1.29 is 34.2 Å². The Morgan fingerprint density at radius 2 is 1.79 bits per heavy atom. The molecule has 0 aliphatic carbocycles. The number of likely N-dealkylation sites (tertiary alicyclic amines) is 1. The smallest absolute Gasteiger partial charge is 0.326 e. The number of aliphatic hydroxyl groups excluding tert-OH is 1. The van der Waals surface area contributed by atoms with Crippen molar-refractivity contribution >= 4 is 29.6 Å². The molecule has 12 nitrogen and oxygen atoms in total. The topological polar surface area (TPSA) is 205 Å². The minimum atomic E-state index is -1.50. The van der Waals surface area contributed by atoms with Gasteiger partial charge in [-0.2, -0.15) is 0 Å². The molecule has 164 valence electrons. The summed E-state index contributed by atoms with van der Waals surface area (Å²) in [6.45, 7) is 3.06. The van der Waals surface area contributed by atoms with Crippen LogP contribution in [0.1, 0.15) is 33.1 Å². The molecule has 4 amide bonds. The Labute approximate surface area is 168 Å². The summed E-state index contributed by atoms with van der Waals surface area (Å²) in [5, 5.41) is 22.9. The maximum absolute atomic E-state index is 13.0. The van der Waals surface area contributed by atoms with E-state index in [4.69, 9.17) is 21.7 Å². The Morgan fingerprint density at radius 3 is 2.28 bits per heavy atom. The van der Waals surface area contributed by atoms with E-state index in [-0.39, 0.29) is 12.5 Å². The van der Waals surface area contributed by atoms with Gasteiger partial charge in [0.2, 0.25) is 23.6 Å². The van der Waals surface area contributed by atoms with Crippen LogP contribution in [0.2, 0.25) is 0 Å². The van der Waals surface area contributed by atoms with E-state index in [0.29, 0.717) is 12.8 Å². The Hall–Kier alpha value is -2.73. The van der Waals surface area contributed by atoms with Crippen LogP contribution in [0.15, 0.2) is 0 Å². The van der Waals surface area contributed by atoms with Gasteiger partial charge in [-0.05, 0) is 18.8 Å². The van der Waals surface area contributed by atoms with Crippen molar-refractivity contribution in [1.82, 2.24) is 15.5 Å². The molecule has 0 bridgehead atoms. The Balaban J connectivity index is 2.93. The second-order valence-electron chi connectivity index (χ2n) is 7.28. The van der Waals surface area contributed by atoms with Gasteiger partial charge < -0.3 is 37.2 Å². The fourth-order valence-electron chi connectivity index (χ4n) is 3.01. The monoisotopic (exact) mass is 415 g/mol. The molecule has 4 unspecified atom stereocenters. The van der Waals surface area contributed by atoms with Crippen molar-refractivity contribution in [3.8, 4) is 0 Å². The van der Waals surface area contributed by atoms with Crippen molar-refractivity contribution in [2.24, 2.45) is 17.4 Å². The summed E-state index contributed by atoms with van der Waals surface area (Å²) in [5.41, 5.74) is 10.5. The average molecular weight is 415 g/mol. The zero-order valence-electron chi connectivity index (χ0n) is 16.5. The van der Waals surface area contributed by atoms with Gasteiger partial charge in [-0.15, -0.1) is 0 Å². The molecule has 12 heteroatoms. The summed E-state index contributed by atoms with van der Waals surface area (Å²) < 4.78 is 0. The molecule has 1 aliphatic heterocycles. The third-order valence-electron chi connectivity index (χ3n) is 4.62. The highest BCUT2D eigenvalue weighted by Gasteiger charge is 2.40. The summed E-state index contributed by atoms with van der Waals surface area (Å²) in [6.07, 6.45) is 0.229. The van der Waals surface area contributed by atoms with Gasteiger partial charge in [0.25, 0.3) is 0 Å². The van der Waals surface area contributed by atoms with Crippen LogP contribution in [0.4, 0.5) is 0 Å². The number of nitrogens with two attached hydrogens (primary N) is 2. The normalized spacial score (nSPS) is 19.3. The van der Waals surface area contributed by atoms with Crippen LogP contribution < -0.4 is 22.1 Å². The Bertz CT molecular complexity index is 654.